The lowest BCUT2D eigenvalue weighted by Gasteiger charge is -2.02. The van der Waals surface area contributed by atoms with Gasteiger partial charge in [0.1, 0.15) is 6.29 Å². The van der Waals surface area contributed by atoms with Crippen molar-refractivity contribution in [3.8, 4) is 0 Å². The fourth-order valence-electron chi connectivity index (χ4n) is 1.42. The van der Waals surface area contributed by atoms with E-state index in [-0.39, 0.29) is 0 Å². The fourth-order valence-corrected chi connectivity index (χ4v) is 1.42. The van der Waals surface area contributed by atoms with E-state index in [4.69, 9.17) is 0 Å². The molecule has 0 aliphatic carbocycles. The second kappa shape index (κ2) is 5.38. The molecule has 1 rings (SSSR count). The molecule has 0 aliphatic rings. The third kappa shape index (κ3) is 3.17. The number of rotatable bonds is 5. The lowest BCUT2D eigenvalue weighted by molar-refractivity contribution is -0.104. The van der Waals surface area contributed by atoms with Crippen molar-refractivity contribution in [1.29, 1.82) is 0 Å². The minimum atomic E-state index is 0.633. The van der Waals surface area contributed by atoms with Gasteiger partial charge in [-0.05, 0) is 23.1 Å². The number of carbonyl (C=O) groups is 1. The number of allylic oxidation sites excluding steroid dienone is 1. The number of hydrogen-bond acceptors (Lipinski definition) is 1. The zero-order chi connectivity index (χ0) is 10.4. The number of aldehydes is 1. The molecule has 0 radical (unpaired) electrons. The van der Waals surface area contributed by atoms with Crippen LogP contribution in [0.15, 0.2) is 36.4 Å². The van der Waals surface area contributed by atoms with Gasteiger partial charge < -0.3 is 0 Å². The first-order valence-electron chi connectivity index (χ1n) is 4.97. The van der Waals surface area contributed by atoms with E-state index in [1.54, 1.807) is 0 Å². The predicted molar refractivity (Wildman–Crippen MR) is 59.3 cm³/mol. The molecule has 0 fully saturated rings. The third-order valence-corrected chi connectivity index (χ3v) is 2.16. The van der Waals surface area contributed by atoms with Crippen molar-refractivity contribution in [2.45, 2.75) is 26.2 Å². The van der Waals surface area contributed by atoms with Crippen molar-refractivity contribution in [3.05, 3.63) is 47.5 Å². The Kier molecular flexibility index (Phi) is 4.11. The molecule has 0 saturated heterocycles. The zero-order valence-corrected chi connectivity index (χ0v) is 8.62. The molecule has 1 aromatic rings. The van der Waals surface area contributed by atoms with Gasteiger partial charge in [0.05, 0.1) is 0 Å². The van der Waals surface area contributed by atoms with Crippen molar-refractivity contribution in [2.75, 3.05) is 0 Å². The lowest BCUT2D eigenvalue weighted by atomic mass is 10.0. The van der Waals surface area contributed by atoms with Crippen LogP contribution in [0, 0.1) is 0 Å². The van der Waals surface area contributed by atoms with Gasteiger partial charge in [-0.15, -0.1) is 0 Å². The van der Waals surface area contributed by atoms with Gasteiger partial charge in [-0.1, -0.05) is 44.2 Å². The smallest absolute Gasteiger partial charge is 0.145 e. The highest BCUT2D eigenvalue weighted by Gasteiger charge is 1.96. The summed E-state index contributed by atoms with van der Waals surface area (Å²) in [5.74, 6) is 0. The number of aryl methyl sites for hydroxylation is 1. The van der Waals surface area contributed by atoms with Crippen molar-refractivity contribution in [1.82, 2.24) is 0 Å². The van der Waals surface area contributed by atoms with E-state index in [9.17, 15) is 4.79 Å². The van der Waals surface area contributed by atoms with E-state index in [1.165, 1.54) is 12.0 Å². The standard InChI is InChI=1S/C13H16O/c1-3-4-12-5-7-13(8-6-12)9-11(2)10-14/h5-8,10H,2-4,9H2,1H3. The number of hydrogen-bond donors (Lipinski definition) is 0. The van der Waals surface area contributed by atoms with E-state index in [0.29, 0.717) is 12.0 Å². The predicted octanol–water partition coefficient (Wildman–Crippen LogP) is 2.94. The first-order chi connectivity index (χ1) is 6.76. The van der Waals surface area contributed by atoms with E-state index in [2.05, 4.69) is 37.8 Å². The average molecular weight is 188 g/mol. The molecule has 0 atom stereocenters. The molecular weight excluding hydrogens is 172 g/mol. The highest BCUT2D eigenvalue weighted by molar-refractivity contribution is 5.72. The van der Waals surface area contributed by atoms with Crippen LogP contribution in [0.2, 0.25) is 0 Å². The van der Waals surface area contributed by atoms with E-state index >= 15 is 0 Å². The van der Waals surface area contributed by atoms with Crippen molar-refractivity contribution in [3.63, 3.8) is 0 Å². The van der Waals surface area contributed by atoms with Gasteiger partial charge in [0.15, 0.2) is 0 Å². The fraction of sp³-hybridized carbons (Fsp3) is 0.308. The largest absolute Gasteiger partial charge is 0.298 e. The quantitative estimate of drug-likeness (QED) is 0.513. The van der Waals surface area contributed by atoms with Crippen LogP contribution in [0.3, 0.4) is 0 Å². The average Bonchev–Trinajstić information content (AvgIpc) is 2.21. The molecular formula is C13H16O. The second-order valence-corrected chi connectivity index (χ2v) is 3.52. The lowest BCUT2D eigenvalue weighted by Crippen LogP contribution is -1.91. The Morgan fingerprint density at radius 1 is 1.29 bits per heavy atom. The molecule has 0 aliphatic heterocycles. The molecule has 0 aromatic heterocycles. The van der Waals surface area contributed by atoms with Gasteiger partial charge in [-0.2, -0.15) is 0 Å². The zero-order valence-electron chi connectivity index (χ0n) is 8.62. The van der Waals surface area contributed by atoms with Gasteiger partial charge in [-0.3, -0.25) is 4.79 Å². The third-order valence-electron chi connectivity index (χ3n) is 2.16. The van der Waals surface area contributed by atoms with E-state index in [1.807, 2.05) is 0 Å². The molecule has 0 amide bonds. The van der Waals surface area contributed by atoms with E-state index in [0.717, 1.165) is 18.3 Å². The molecule has 0 unspecified atom stereocenters. The highest BCUT2D eigenvalue weighted by atomic mass is 16.1. The Morgan fingerprint density at radius 2 is 1.86 bits per heavy atom. The maximum Gasteiger partial charge on any atom is 0.145 e. The van der Waals surface area contributed by atoms with Gasteiger partial charge in [0, 0.05) is 6.42 Å². The van der Waals surface area contributed by atoms with Crippen LogP contribution in [0.5, 0.6) is 0 Å². The van der Waals surface area contributed by atoms with Crippen LogP contribution >= 0.6 is 0 Å². The summed E-state index contributed by atoms with van der Waals surface area (Å²) < 4.78 is 0. The van der Waals surface area contributed by atoms with Crippen LogP contribution in [0.25, 0.3) is 0 Å². The summed E-state index contributed by atoms with van der Waals surface area (Å²) in [6.45, 7) is 5.83. The normalized spacial score (nSPS) is 9.79. The SMILES string of the molecule is C=C(C=O)Cc1ccc(CCC)cc1. The molecule has 1 nitrogen and oxygen atoms in total. The van der Waals surface area contributed by atoms with Crippen LogP contribution in [-0.2, 0) is 17.6 Å². The summed E-state index contributed by atoms with van der Waals surface area (Å²) in [4.78, 5) is 10.4. The number of benzene rings is 1. The maximum atomic E-state index is 10.4. The van der Waals surface area contributed by atoms with Gasteiger partial charge in [0.2, 0.25) is 0 Å². The van der Waals surface area contributed by atoms with Crippen molar-refractivity contribution >= 4 is 6.29 Å². The molecule has 0 spiro atoms. The Hall–Kier alpha value is -1.37. The van der Waals surface area contributed by atoms with Crippen LogP contribution in [-0.4, -0.2) is 6.29 Å². The highest BCUT2D eigenvalue weighted by Crippen LogP contribution is 2.09. The minimum absolute atomic E-state index is 0.633. The van der Waals surface area contributed by atoms with Gasteiger partial charge >= 0.3 is 0 Å². The Bertz CT molecular complexity index is 309. The Balaban J connectivity index is 2.63. The van der Waals surface area contributed by atoms with Crippen LogP contribution in [0.1, 0.15) is 24.5 Å². The second-order valence-electron chi connectivity index (χ2n) is 3.52. The first-order valence-corrected chi connectivity index (χ1v) is 4.97. The Morgan fingerprint density at radius 3 is 2.36 bits per heavy atom. The van der Waals surface area contributed by atoms with Crippen LogP contribution in [0.4, 0.5) is 0 Å². The molecule has 0 saturated carbocycles. The summed E-state index contributed by atoms with van der Waals surface area (Å²) in [5.41, 5.74) is 3.14. The minimum Gasteiger partial charge on any atom is -0.298 e. The topological polar surface area (TPSA) is 17.1 Å². The number of carbonyl (C=O) groups excluding carboxylic acids is 1. The molecule has 1 aromatic carbocycles. The Labute approximate surface area is 85.5 Å². The summed E-state index contributed by atoms with van der Waals surface area (Å²) in [6.07, 6.45) is 3.77. The van der Waals surface area contributed by atoms with Gasteiger partial charge in [-0.25, -0.2) is 0 Å². The first kappa shape index (κ1) is 10.7. The monoisotopic (exact) mass is 188 g/mol. The molecule has 0 N–H and O–H groups in total. The molecule has 14 heavy (non-hydrogen) atoms. The maximum absolute atomic E-state index is 10.4. The summed E-state index contributed by atoms with van der Waals surface area (Å²) >= 11 is 0. The van der Waals surface area contributed by atoms with E-state index < -0.39 is 0 Å². The summed E-state index contributed by atoms with van der Waals surface area (Å²) in [6, 6.07) is 8.38. The molecule has 0 bridgehead atoms. The van der Waals surface area contributed by atoms with Crippen LogP contribution < -0.4 is 0 Å². The summed E-state index contributed by atoms with van der Waals surface area (Å²) in [5, 5.41) is 0. The molecule has 74 valence electrons. The van der Waals surface area contributed by atoms with Crippen molar-refractivity contribution in [2.24, 2.45) is 0 Å². The summed E-state index contributed by atoms with van der Waals surface area (Å²) in [7, 11) is 0. The molecule has 0 heterocycles. The van der Waals surface area contributed by atoms with Gasteiger partial charge in [0.25, 0.3) is 0 Å². The van der Waals surface area contributed by atoms with Crippen molar-refractivity contribution < 1.29 is 4.79 Å². The molecule has 1 heteroatoms.